The molecule has 0 aliphatic rings. The Bertz CT molecular complexity index is 440. The fraction of sp³-hybridized carbons (Fsp3) is 0.636. The van der Waals surface area contributed by atoms with E-state index >= 15 is 0 Å². The summed E-state index contributed by atoms with van der Waals surface area (Å²) in [6.45, 7) is 3.40. The molecule has 0 aromatic carbocycles. The predicted molar refractivity (Wildman–Crippen MR) is 74.4 cm³/mol. The first kappa shape index (κ1) is 16.6. The second-order valence-electron chi connectivity index (χ2n) is 4.25. The van der Waals surface area contributed by atoms with Crippen LogP contribution in [0.5, 0.6) is 0 Å². The molecule has 0 radical (unpaired) electrons. The van der Waals surface area contributed by atoms with Crippen LogP contribution in [0, 0.1) is 0 Å². The van der Waals surface area contributed by atoms with Gasteiger partial charge in [-0.3, -0.25) is 4.79 Å². The molecule has 20 heavy (non-hydrogen) atoms. The summed E-state index contributed by atoms with van der Waals surface area (Å²) in [6.07, 6.45) is -2.51. The van der Waals surface area contributed by atoms with Crippen LogP contribution in [0.4, 0.5) is 19.7 Å². The minimum atomic E-state index is -2.51. The lowest BCUT2D eigenvalue weighted by atomic mass is 10.4. The molecule has 114 valence electrons. The van der Waals surface area contributed by atoms with Crippen LogP contribution in [-0.2, 0) is 4.74 Å². The number of nitrogens with two attached hydrogens (primary N) is 1. The van der Waals surface area contributed by atoms with E-state index in [1.54, 1.807) is 0 Å². The fourth-order valence-electron chi connectivity index (χ4n) is 1.29. The number of alkyl halides is 2. The highest BCUT2D eigenvalue weighted by Gasteiger charge is 2.16. The largest absolute Gasteiger partial charge is 0.382 e. The van der Waals surface area contributed by atoms with Gasteiger partial charge in [0.1, 0.15) is 17.3 Å². The normalized spacial score (nSPS) is 11.1. The van der Waals surface area contributed by atoms with E-state index in [2.05, 4.69) is 20.4 Å². The van der Waals surface area contributed by atoms with Crippen LogP contribution in [-0.4, -0.2) is 43.1 Å². The van der Waals surface area contributed by atoms with Crippen molar-refractivity contribution in [2.24, 2.45) is 0 Å². The molecule has 0 aliphatic heterocycles. The molecular weight excluding hydrogens is 290 g/mol. The van der Waals surface area contributed by atoms with Crippen LogP contribution >= 0.6 is 11.3 Å². The standard InChI is InChI=1S/C11H18F2N4O2S/c1-6(2)16-11-17-9(14)8(20-11)10(18)15-3-4-19-5-7(12)13/h6-7H,3-5,14H2,1-2H3,(H,15,18)(H,16,17). The first-order valence-electron chi connectivity index (χ1n) is 6.07. The summed E-state index contributed by atoms with van der Waals surface area (Å²) in [4.78, 5) is 16.1. The average Bonchev–Trinajstić information content (AvgIpc) is 2.68. The Labute approximate surface area is 119 Å². The molecule has 4 N–H and O–H groups in total. The van der Waals surface area contributed by atoms with E-state index in [0.717, 1.165) is 11.3 Å². The Morgan fingerprint density at radius 2 is 2.20 bits per heavy atom. The van der Waals surface area contributed by atoms with Gasteiger partial charge in [-0.1, -0.05) is 11.3 Å². The highest BCUT2D eigenvalue weighted by molar-refractivity contribution is 7.18. The third-order valence-corrected chi connectivity index (χ3v) is 3.05. The molecule has 0 fully saturated rings. The summed E-state index contributed by atoms with van der Waals surface area (Å²) in [5.41, 5.74) is 5.66. The van der Waals surface area contributed by atoms with Crippen molar-refractivity contribution in [2.75, 3.05) is 30.8 Å². The molecule has 0 saturated heterocycles. The van der Waals surface area contributed by atoms with Gasteiger partial charge in [0.25, 0.3) is 12.3 Å². The first-order chi connectivity index (χ1) is 9.40. The quantitative estimate of drug-likeness (QED) is 0.634. The number of rotatable bonds is 8. The maximum absolute atomic E-state index is 11.8. The summed E-state index contributed by atoms with van der Waals surface area (Å²) in [5.74, 6) is -0.249. The van der Waals surface area contributed by atoms with E-state index < -0.39 is 18.9 Å². The van der Waals surface area contributed by atoms with Crippen molar-refractivity contribution < 1.29 is 18.3 Å². The van der Waals surface area contributed by atoms with Crippen LogP contribution in [0.1, 0.15) is 23.5 Å². The topological polar surface area (TPSA) is 89.3 Å². The van der Waals surface area contributed by atoms with Crippen molar-refractivity contribution in [1.82, 2.24) is 10.3 Å². The van der Waals surface area contributed by atoms with Gasteiger partial charge < -0.3 is 21.1 Å². The average molecular weight is 308 g/mol. The first-order valence-corrected chi connectivity index (χ1v) is 6.88. The number of halogens is 2. The monoisotopic (exact) mass is 308 g/mol. The van der Waals surface area contributed by atoms with E-state index in [-0.39, 0.29) is 25.0 Å². The van der Waals surface area contributed by atoms with Gasteiger partial charge in [0.2, 0.25) is 0 Å². The van der Waals surface area contributed by atoms with Crippen LogP contribution < -0.4 is 16.4 Å². The molecule has 0 bridgehead atoms. The minimum absolute atomic E-state index is 0.0197. The Morgan fingerprint density at radius 3 is 2.80 bits per heavy atom. The number of nitrogens with one attached hydrogen (secondary N) is 2. The number of nitrogens with zero attached hydrogens (tertiary/aromatic N) is 1. The van der Waals surface area contributed by atoms with Crippen molar-refractivity contribution in [3.63, 3.8) is 0 Å². The fourth-order valence-corrected chi connectivity index (χ4v) is 2.24. The third kappa shape index (κ3) is 5.66. The molecule has 6 nitrogen and oxygen atoms in total. The van der Waals surface area contributed by atoms with Gasteiger partial charge in [0.05, 0.1) is 6.61 Å². The van der Waals surface area contributed by atoms with Crippen LogP contribution in [0.25, 0.3) is 0 Å². The van der Waals surface area contributed by atoms with Crippen molar-refractivity contribution in [3.8, 4) is 0 Å². The molecule has 1 aromatic heterocycles. The number of aromatic nitrogens is 1. The van der Waals surface area contributed by atoms with Crippen LogP contribution in [0.15, 0.2) is 0 Å². The van der Waals surface area contributed by atoms with Crippen molar-refractivity contribution in [3.05, 3.63) is 4.88 Å². The van der Waals surface area contributed by atoms with Crippen molar-refractivity contribution >= 4 is 28.2 Å². The molecule has 1 rings (SSSR count). The van der Waals surface area contributed by atoms with Crippen molar-refractivity contribution in [2.45, 2.75) is 26.3 Å². The second kappa shape index (κ2) is 7.95. The number of amides is 1. The Morgan fingerprint density at radius 1 is 1.50 bits per heavy atom. The van der Waals surface area contributed by atoms with Crippen molar-refractivity contribution in [1.29, 1.82) is 0 Å². The van der Waals surface area contributed by atoms with E-state index in [4.69, 9.17) is 5.73 Å². The zero-order chi connectivity index (χ0) is 15.1. The zero-order valence-corrected chi connectivity index (χ0v) is 12.1. The van der Waals surface area contributed by atoms with Gasteiger partial charge in [0, 0.05) is 12.6 Å². The maximum atomic E-state index is 11.8. The third-order valence-electron chi connectivity index (χ3n) is 2.05. The van der Waals surface area contributed by atoms with E-state index in [1.165, 1.54) is 0 Å². The SMILES string of the molecule is CC(C)Nc1nc(N)c(C(=O)NCCOCC(F)F)s1. The summed E-state index contributed by atoms with van der Waals surface area (Å²) in [5, 5.41) is 6.15. The minimum Gasteiger partial charge on any atom is -0.382 e. The van der Waals surface area contributed by atoms with E-state index in [9.17, 15) is 13.6 Å². The highest BCUT2D eigenvalue weighted by atomic mass is 32.1. The van der Waals surface area contributed by atoms with E-state index in [0.29, 0.717) is 10.0 Å². The van der Waals surface area contributed by atoms with Crippen LogP contribution in [0.3, 0.4) is 0 Å². The molecular formula is C11H18F2N4O2S. The number of nitrogen functional groups attached to an aromatic ring is 1. The zero-order valence-electron chi connectivity index (χ0n) is 11.3. The smallest absolute Gasteiger partial charge is 0.265 e. The number of hydrogen-bond acceptors (Lipinski definition) is 6. The molecule has 0 unspecified atom stereocenters. The molecule has 0 spiro atoms. The summed E-state index contributed by atoms with van der Waals surface area (Å²) < 4.78 is 28.3. The van der Waals surface area contributed by atoms with Gasteiger partial charge >= 0.3 is 0 Å². The molecule has 1 amide bonds. The highest BCUT2D eigenvalue weighted by Crippen LogP contribution is 2.25. The molecule has 0 atom stereocenters. The van der Waals surface area contributed by atoms with Gasteiger partial charge in [0.15, 0.2) is 5.13 Å². The number of anilines is 2. The van der Waals surface area contributed by atoms with E-state index in [1.807, 2.05) is 13.8 Å². The summed E-state index contributed by atoms with van der Waals surface area (Å²) in [7, 11) is 0. The lowest BCUT2D eigenvalue weighted by molar-refractivity contribution is 0.0188. The Hall–Kier alpha value is -1.48. The predicted octanol–water partition coefficient (Wildman–Crippen LogP) is 1.56. The maximum Gasteiger partial charge on any atom is 0.265 e. The molecule has 0 aliphatic carbocycles. The lowest BCUT2D eigenvalue weighted by Gasteiger charge is -2.05. The van der Waals surface area contributed by atoms with Gasteiger partial charge in [-0.15, -0.1) is 0 Å². The number of carbonyl (C=O) groups is 1. The lowest BCUT2D eigenvalue weighted by Crippen LogP contribution is -2.27. The number of thiazole rings is 1. The second-order valence-corrected chi connectivity index (χ2v) is 5.25. The van der Waals surface area contributed by atoms with Gasteiger partial charge in [-0.05, 0) is 13.8 Å². The Balaban J connectivity index is 2.41. The number of ether oxygens (including phenoxy) is 1. The summed E-state index contributed by atoms with van der Waals surface area (Å²) in [6, 6.07) is 0.180. The number of hydrogen-bond donors (Lipinski definition) is 3. The number of carbonyl (C=O) groups excluding carboxylic acids is 1. The molecule has 1 aromatic rings. The molecule has 0 saturated carbocycles. The van der Waals surface area contributed by atoms with Crippen LogP contribution in [0.2, 0.25) is 0 Å². The van der Waals surface area contributed by atoms with Gasteiger partial charge in [-0.2, -0.15) is 0 Å². The molecule has 9 heteroatoms. The summed E-state index contributed by atoms with van der Waals surface area (Å²) >= 11 is 1.14. The molecule has 1 heterocycles. The Kier molecular flexibility index (Phi) is 6.59. The van der Waals surface area contributed by atoms with Gasteiger partial charge in [-0.25, -0.2) is 13.8 Å².